The van der Waals surface area contributed by atoms with Crippen molar-refractivity contribution in [2.45, 2.75) is 0 Å². The molecule has 0 unspecified atom stereocenters. The van der Waals surface area contributed by atoms with Crippen LogP contribution in [0.25, 0.3) is 10.4 Å². The summed E-state index contributed by atoms with van der Waals surface area (Å²) in [4.78, 5) is 11.5. The number of nitro benzene ring substituents is 1. The summed E-state index contributed by atoms with van der Waals surface area (Å²) in [5.74, 6) is -2.37. The summed E-state index contributed by atoms with van der Waals surface area (Å²) in [6.45, 7) is 0. The van der Waals surface area contributed by atoms with Crippen molar-refractivity contribution in [2.24, 2.45) is 5.11 Å². The minimum atomic E-state index is -1.27. The molecule has 0 fully saturated rings. The van der Waals surface area contributed by atoms with Crippen molar-refractivity contribution < 1.29 is 13.7 Å². The Kier molecular flexibility index (Phi) is 2.59. The lowest BCUT2D eigenvalue weighted by atomic mass is 10.2. The Balaban J connectivity index is 3.51. The van der Waals surface area contributed by atoms with Gasteiger partial charge in [-0.05, 0) is 5.53 Å². The Morgan fingerprint density at radius 3 is 2.64 bits per heavy atom. The third-order valence-corrected chi connectivity index (χ3v) is 1.35. The molecular weight excluding hydrogens is 198 g/mol. The van der Waals surface area contributed by atoms with E-state index in [1.807, 2.05) is 0 Å². The summed E-state index contributed by atoms with van der Waals surface area (Å²) in [5, 5.41) is 13.1. The van der Waals surface area contributed by atoms with Gasteiger partial charge in [0.25, 0.3) is 5.69 Å². The van der Waals surface area contributed by atoms with Crippen molar-refractivity contribution in [1.82, 2.24) is 0 Å². The number of hydrogen-bond acceptors (Lipinski definition) is 3. The average Bonchev–Trinajstić information content (AvgIpc) is 2.09. The molecule has 0 saturated heterocycles. The smallest absolute Gasteiger partial charge is 0.258 e. The fourth-order valence-corrected chi connectivity index (χ4v) is 0.835. The third kappa shape index (κ3) is 1.75. The number of rotatable bonds is 2. The molecule has 0 spiro atoms. The maximum Gasteiger partial charge on any atom is 0.284 e. The maximum atomic E-state index is 12.8. The molecule has 14 heavy (non-hydrogen) atoms. The third-order valence-electron chi connectivity index (χ3n) is 1.35. The van der Waals surface area contributed by atoms with Crippen molar-refractivity contribution in [3.05, 3.63) is 44.3 Å². The summed E-state index contributed by atoms with van der Waals surface area (Å²) in [6, 6.07) is 0.879. The molecule has 0 saturated carbocycles. The summed E-state index contributed by atoms with van der Waals surface area (Å²) < 4.78 is 25.4. The fourth-order valence-electron chi connectivity index (χ4n) is 0.835. The van der Waals surface area contributed by atoms with E-state index in [1.54, 1.807) is 0 Å². The van der Waals surface area contributed by atoms with E-state index in [0.717, 1.165) is 0 Å². The monoisotopic (exact) mass is 200 g/mol. The van der Waals surface area contributed by atoms with Crippen molar-refractivity contribution in [3.8, 4) is 0 Å². The van der Waals surface area contributed by atoms with E-state index in [-0.39, 0.29) is 0 Å². The molecule has 0 aliphatic carbocycles. The Morgan fingerprint density at radius 2 is 2.14 bits per heavy atom. The number of hydrogen-bond donors (Lipinski definition) is 0. The SMILES string of the molecule is [N-]=[N+]=Nc1c(F)cc(F)cc1[N+](=O)[O-]. The lowest BCUT2D eigenvalue weighted by Crippen LogP contribution is -1.92. The van der Waals surface area contributed by atoms with Crippen molar-refractivity contribution >= 4 is 11.4 Å². The van der Waals surface area contributed by atoms with Gasteiger partial charge in [0.2, 0.25) is 0 Å². The normalized spacial score (nSPS) is 9.29. The van der Waals surface area contributed by atoms with Crippen LogP contribution in [0.3, 0.4) is 0 Å². The summed E-state index contributed by atoms with van der Waals surface area (Å²) in [6.07, 6.45) is 0. The van der Waals surface area contributed by atoms with Gasteiger partial charge < -0.3 is 0 Å². The van der Waals surface area contributed by atoms with Crippen molar-refractivity contribution in [1.29, 1.82) is 0 Å². The van der Waals surface area contributed by atoms with Crippen LogP contribution in [0.1, 0.15) is 0 Å². The van der Waals surface area contributed by atoms with Crippen LogP contribution in [-0.2, 0) is 0 Å². The molecule has 0 amide bonds. The molecule has 1 rings (SSSR count). The second kappa shape index (κ2) is 3.67. The second-order valence-electron chi connectivity index (χ2n) is 2.20. The molecular formula is C6H2F2N4O2. The average molecular weight is 200 g/mol. The lowest BCUT2D eigenvalue weighted by Gasteiger charge is -1.97. The highest BCUT2D eigenvalue weighted by Gasteiger charge is 2.18. The van der Waals surface area contributed by atoms with Gasteiger partial charge in [-0.25, -0.2) is 8.78 Å². The summed E-state index contributed by atoms with van der Waals surface area (Å²) in [5.41, 5.74) is 6.27. The zero-order valence-corrected chi connectivity index (χ0v) is 6.52. The standard InChI is InChI=1S/C6H2F2N4O2/c7-3-1-4(8)6(10-11-9)5(2-3)12(13)14/h1-2H. The van der Waals surface area contributed by atoms with Gasteiger partial charge in [-0.15, -0.1) is 0 Å². The molecule has 72 valence electrons. The maximum absolute atomic E-state index is 12.8. The Hall–Kier alpha value is -2.21. The van der Waals surface area contributed by atoms with Crippen LogP contribution in [0.15, 0.2) is 17.2 Å². The zero-order valence-electron chi connectivity index (χ0n) is 6.52. The van der Waals surface area contributed by atoms with Crippen LogP contribution in [0.4, 0.5) is 20.2 Å². The van der Waals surface area contributed by atoms with Crippen LogP contribution >= 0.6 is 0 Å². The van der Waals surface area contributed by atoms with Crippen molar-refractivity contribution in [3.63, 3.8) is 0 Å². The first-order valence-electron chi connectivity index (χ1n) is 3.25. The molecule has 6 nitrogen and oxygen atoms in total. The van der Waals surface area contributed by atoms with E-state index < -0.39 is 27.9 Å². The largest absolute Gasteiger partial charge is 0.284 e. The van der Waals surface area contributed by atoms with E-state index in [9.17, 15) is 18.9 Å². The summed E-state index contributed by atoms with van der Waals surface area (Å²) >= 11 is 0. The molecule has 0 radical (unpaired) electrons. The fraction of sp³-hybridized carbons (Fsp3) is 0. The number of azide groups is 1. The zero-order chi connectivity index (χ0) is 10.7. The van der Waals surface area contributed by atoms with Gasteiger partial charge in [0.05, 0.1) is 11.0 Å². The topological polar surface area (TPSA) is 91.9 Å². The van der Waals surface area contributed by atoms with E-state index in [0.29, 0.717) is 12.1 Å². The van der Waals surface area contributed by atoms with Crippen molar-refractivity contribution in [2.75, 3.05) is 0 Å². The van der Waals surface area contributed by atoms with Crippen LogP contribution in [0.2, 0.25) is 0 Å². The number of halogens is 2. The highest BCUT2D eigenvalue weighted by atomic mass is 19.1. The molecule has 1 aromatic rings. The summed E-state index contributed by atoms with van der Waals surface area (Å²) in [7, 11) is 0. The quantitative estimate of drug-likeness (QED) is 0.241. The molecule has 1 aromatic carbocycles. The van der Waals surface area contributed by atoms with Gasteiger partial charge in [0, 0.05) is 11.0 Å². The Bertz CT molecular complexity index is 442. The first-order chi connectivity index (χ1) is 6.56. The van der Waals surface area contributed by atoms with Crippen LogP contribution in [0, 0.1) is 21.7 Å². The number of benzene rings is 1. The van der Waals surface area contributed by atoms with Gasteiger partial charge in [-0.1, -0.05) is 5.11 Å². The molecule has 0 bridgehead atoms. The molecule has 8 heteroatoms. The minimum absolute atomic E-state index is 0.400. The molecule has 0 aliphatic rings. The predicted octanol–water partition coefficient (Wildman–Crippen LogP) is 2.81. The molecule has 0 aromatic heterocycles. The Morgan fingerprint density at radius 1 is 1.50 bits per heavy atom. The van der Waals surface area contributed by atoms with E-state index in [2.05, 4.69) is 10.0 Å². The van der Waals surface area contributed by atoms with Gasteiger partial charge in [0.15, 0.2) is 5.69 Å². The minimum Gasteiger partial charge on any atom is -0.258 e. The van der Waals surface area contributed by atoms with E-state index in [4.69, 9.17) is 5.53 Å². The first-order valence-corrected chi connectivity index (χ1v) is 3.25. The van der Waals surface area contributed by atoms with E-state index in [1.165, 1.54) is 0 Å². The van der Waals surface area contributed by atoms with Crippen LogP contribution in [-0.4, -0.2) is 4.92 Å². The first kappa shape index (κ1) is 9.87. The Labute approximate surface area is 75.5 Å². The molecule has 0 atom stereocenters. The van der Waals surface area contributed by atoms with Gasteiger partial charge in [0.1, 0.15) is 11.6 Å². The predicted molar refractivity (Wildman–Crippen MR) is 41.8 cm³/mol. The van der Waals surface area contributed by atoms with Crippen LogP contribution < -0.4 is 0 Å². The molecule has 0 N–H and O–H groups in total. The highest BCUT2D eigenvalue weighted by Crippen LogP contribution is 2.31. The number of nitro groups is 1. The number of nitrogens with zero attached hydrogens (tertiary/aromatic N) is 4. The highest BCUT2D eigenvalue weighted by molar-refractivity contribution is 5.58. The van der Waals surface area contributed by atoms with Gasteiger partial charge in [-0.3, -0.25) is 10.1 Å². The van der Waals surface area contributed by atoms with Gasteiger partial charge in [-0.2, -0.15) is 0 Å². The van der Waals surface area contributed by atoms with E-state index >= 15 is 0 Å². The molecule has 0 aliphatic heterocycles. The second-order valence-corrected chi connectivity index (χ2v) is 2.20. The molecule has 0 heterocycles. The lowest BCUT2D eigenvalue weighted by molar-refractivity contribution is -0.384. The van der Waals surface area contributed by atoms with Crippen LogP contribution in [0.5, 0.6) is 0 Å². The van der Waals surface area contributed by atoms with Gasteiger partial charge >= 0.3 is 0 Å².